The fourth-order valence-corrected chi connectivity index (χ4v) is 3.53. The number of anilines is 1. The summed E-state index contributed by atoms with van der Waals surface area (Å²) in [5.41, 5.74) is 3.39. The molecule has 0 radical (unpaired) electrons. The van der Waals surface area contributed by atoms with Gasteiger partial charge in [-0.05, 0) is 70.5 Å². The quantitative estimate of drug-likeness (QED) is 0.320. The van der Waals surface area contributed by atoms with Crippen LogP contribution in [-0.4, -0.2) is 17.8 Å². The van der Waals surface area contributed by atoms with Gasteiger partial charge in [0, 0.05) is 11.6 Å². The molecular weight excluding hydrogens is 382 g/mol. The van der Waals surface area contributed by atoms with Crippen LogP contribution in [0.5, 0.6) is 5.75 Å². The first-order chi connectivity index (χ1) is 14.1. The van der Waals surface area contributed by atoms with Crippen molar-refractivity contribution in [3.63, 3.8) is 0 Å². The van der Waals surface area contributed by atoms with Gasteiger partial charge in [0.25, 0.3) is 11.8 Å². The molecule has 1 aliphatic rings. The van der Waals surface area contributed by atoms with Crippen molar-refractivity contribution in [2.75, 3.05) is 4.90 Å². The number of rotatable bonds is 4. The highest BCUT2D eigenvalue weighted by atomic mass is 16.5. The van der Waals surface area contributed by atoms with E-state index in [0.717, 1.165) is 27.9 Å². The minimum Gasteiger partial charge on any atom is -0.466 e. The Labute approximate surface area is 175 Å². The summed E-state index contributed by atoms with van der Waals surface area (Å²) in [6.07, 6.45) is 1.06. The van der Waals surface area contributed by atoms with Crippen LogP contribution in [-0.2, 0) is 14.4 Å². The van der Waals surface area contributed by atoms with Gasteiger partial charge in [-0.2, -0.15) is 0 Å². The number of hydrogen-bond acceptors (Lipinski definition) is 5. The molecule has 2 aromatic rings. The van der Waals surface area contributed by atoms with E-state index in [1.165, 1.54) is 12.1 Å². The molecule has 0 bridgehead atoms. The molecule has 0 aliphatic carbocycles. The topological polar surface area (TPSA) is 76.8 Å². The second-order valence-electron chi connectivity index (χ2n) is 7.27. The number of carbonyl (C=O) groups is 3. The predicted octanol–water partition coefficient (Wildman–Crippen LogP) is 4.67. The third kappa shape index (κ3) is 3.64. The normalized spacial score (nSPS) is 15.5. The number of esters is 1. The number of furan rings is 1. The van der Waals surface area contributed by atoms with Crippen molar-refractivity contribution >= 4 is 29.0 Å². The van der Waals surface area contributed by atoms with Gasteiger partial charge >= 0.3 is 5.97 Å². The lowest BCUT2D eigenvalue weighted by molar-refractivity contribution is -0.129. The molecule has 1 aromatic carbocycles. The second kappa shape index (κ2) is 7.99. The predicted molar refractivity (Wildman–Crippen MR) is 114 cm³/mol. The maximum atomic E-state index is 13.4. The van der Waals surface area contributed by atoms with Crippen molar-refractivity contribution in [3.05, 3.63) is 76.8 Å². The van der Waals surface area contributed by atoms with Crippen molar-refractivity contribution in [2.24, 2.45) is 0 Å². The fourth-order valence-electron chi connectivity index (χ4n) is 3.53. The zero-order valence-corrected chi connectivity index (χ0v) is 17.7. The largest absolute Gasteiger partial charge is 0.466 e. The highest BCUT2D eigenvalue weighted by Gasteiger charge is 2.42. The van der Waals surface area contributed by atoms with Crippen molar-refractivity contribution < 1.29 is 23.5 Å². The van der Waals surface area contributed by atoms with E-state index in [1.54, 1.807) is 12.1 Å². The summed E-state index contributed by atoms with van der Waals surface area (Å²) in [5.74, 6) is 0.346. The molecule has 1 aliphatic heterocycles. The summed E-state index contributed by atoms with van der Waals surface area (Å²) >= 11 is 0. The maximum Gasteiger partial charge on any atom is 0.335 e. The van der Waals surface area contributed by atoms with Gasteiger partial charge in [-0.3, -0.25) is 9.59 Å². The summed E-state index contributed by atoms with van der Waals surface area (Å²) in [5, 5.41) is 0. The Morgan fingerprint density at radius 3 is 2.13 bits per heavy atom. The van der Waals surface area contributed by atoms with Crippen LogP contribution in [0.4, 0.5) is 5.69 Å². The lowest BCUT2D eigenvalue weighted by Crippen LogP contribution is -2.29. The van der Waals surface area contributed by atoms with Crippen LogP contribution in [0.3, 0.4) is 0 Å². The molecule has 0 N–H and O–H groups in total. The number of hydrogen-bond donors (Lipinski definition) is 0. The zero-order chi connectivity index (χ0) is 22.2. The minimum absolute atomic E-state index is 0.293. The van der Waals surface area contributed by atoms with E-state index in [2.05, 4.69) is 6.58 Å². The highest BCUT2D eigenvalue weighted by molar-refractivity contribution is 6.39. The van der Waals surface area contributed by atoms with Crippen LogP contribution in [0.1, 0.15) is 37.9 Å². The van der Waals surface area contributed by atoms with Crippen LogP contribution < -0.4 is 9.64 Å². The molecule has 0 atom stereocenters. The number of ether oxygens (including phenoxy) is 1. The van der Waals surface area contributed by atoms with Gasteiger partial charge in [0.1, 0.15) is 17.3 Å². The molecule has 0 unspecified atom stereocenters. The fraction of sp³-hybridized carbons (Fsp3) is 0.208. The zero-order valence-electron chi connectivity index (χ0n) is 17.7. The molecule has 154 valence electrons. The van der Waals surface area contributed by atoms with E-state index in [9.17, 15) is 14.4 Å². The molecule has 6 heteroatoms. The number of carbonyl (C=O) groups excluding carboxylic acids is 3. The molecule has 2 heterocycles. The standard InChI is InChI=1S/C24H23NO5/c1-7-20(26)30-18-10-8-17(9-11-18)25-23(27)21(13(2)3)22(24(25)28)15(5)19-12-14(4)29-16(19)6/h7-12H,1H2,2-6H3. The molecule has 3 rings (SSSR count). The van der Waals surface area contributed by atoms with Crippen LogP contribution in [0.25, 0.3) is 5.57 Å². The number of benzene rings is 1. The lowest BCUT2D eigenvalue weighted by atomic mass is 9.95. The Morgan fingerprint density at radius 1 is 1.03 bits per heavy atom. The minimum atomic E-state index is -0.588. The Balaban J connectivity index is 2.08. The number of aryl methyl sites for hydroxylation is 2. The van der Waals surface area contributed by atoms with Crippen LogP contribution >= 0.6 is 0 Å². The summed E-state index contributed by atoms with van der Waals surface area (Å²) < 4.78 is 10.7. The molecular formula is C24H23NO5. The van der Waals surface area contributed by atoms with Crippen molar-refractivity contribution in [1.82, 2.24) is 0 Å². The summed E-state index contributed by atoms with van der Waals surface area (Å²) in [6, 6.07) is 8.05. The van der Waals surface area contributed by atoms with E-state index in [1.807, 2.05) is 40.7 Å². The van der Waals surface area contributed by atoms with Gasteiger partial charge in [-0.15, -0.1) is 0 Å². The summed E-state index contributed by atoms with van der Waals surface area (Å²) in [6.45, 7) is 12.5. The average molecular weight is 405 g/mol. The van der Waals surface area contributed by atoms with Crippen molar-refractivity contribution in [3.8, 4) is 5.75 Å². The maximum absolute atomic E-state index is 13.4. The van der Waals surface area contributed by atoms with Gasteiger partial charge < -0.3 is 9.15 Å². The van der Waals surface area contributed by atoms with Crippen LogP contribution in [0.2, 0.25) is 0 Å². The molecule has 0 spiro atoms. The number of amides is 2. The molecule has 0 saturated carbocycles. The Morgan fingerprint density at radius 2 is 1.63 bits per heavy atom. The first-order valence-electron chi connectivity index (χ1n) is 9.45. The smallest absolute Gasteiger partial charge is 0.335 e. The van der Waals surface area contributed by atoms with Crippen molar-refractivity contribution in [1.29, 1.82) is 0 Å². The second-order valence-corrected chi connectivity index (χ2v) is 7.27. The molecule has 1 aromatic heterocycles. The van der Waals surface area contributed by atoms with Crippen molar-refractivity contribution in [2.45, 2.75) is 34.6 Å². The Hall–Kier alpha value is -3.67. The van der Waals surface area contributed by atoms with Crippen LogP contribution in [0.15, 0.2) is 64.1 Å². The van der Waals surface area contributed by atoms with E-state index >= 15 is 0 Å². The number of nitrogens with zero attached hydrogens (tertiary/aromatic N) is 1. The van der Waals surface area contributed by atoms with Gasteiger partial charge in [0.15, 0.2) is 0 Å². The Kier molecular flexibility index (Phi) is 5.60. The SMILES string of the molecule is C=CC(=O)Oc1ccc(N2C(=O)C(=C(C)C)C(=C(C)c3cc(C)oc3C)C2=O)cc1. The molecule has 6 nitrogen and oxygen atoms in total. The highest BCUT2D eigenvalue weighted by Crippen LogP contribution is 2.38. The lowest BCUT2D eigenvalue weighted by Gasteiger charge is -2.14. The van der Waals surface area contributed by atoms with Gasteiger partial charge in [-0.1, -0.05) is 12.2 Å². The summed E-state index contributed by atoms with van der Waals surface area (Å²) in [7, 11) is 0. The third-order valence-corrected chi connectivity index (χ3v) is 4.88. The van der Waals surface area contributed by atoms with E-state index in [-0.39, 0.29) is 5.91 Å². The molecule has 30 heavy (non-hydrogen) atoms. The van der Waals surface area contributed by atoms with Gasteiger partial charge in [-0.25, -0.2) is 9.69 Å². The average Bonchev–Trinajstić information content (AvgIpc) is 3.17. The van der Waals surface area contributed by atoms with Gasteiger partial charge in [0.05, 0.1) is 16.8 Å². The molecule has 1 fully saturated rings. The first-order valence-corrected chi connectivity index (χ1v) is 9.45. The number of allylic oxidation sites excluding steroid dienone is 2. The number of imide groups is 1. The third-order valence-electron chi connectivity index (χ3n) is 4.88. The van der Waals surface area contributed by atoms with E-state index < -0.39 is 11.9 Å². The van der Waals surface area contributed by atoms with E-state index in [0.29, 0.717) is 33.9 Å². The molecule has 1 saturated heterocycles. The summed E-state index contributed by atoms with van der Waals surface area (Å²) in [4.78, 5) is 39.0. The first kappa shape index (κ1) is 21.0. The molecule has 2 amide bonds. The Bertz CT molecular complexity index is 1120. The van der Waals surface area contributed by atoms with Gasteiger partial charge in [0.2, 0.25) is 0 Å². The van der Waals surface area contributed by atoms with Crippen LogP contribution in [0, 0.1) is 13.8 Å². The monoisotopic (exact) mass is 405 g/mol. The van der Waals surface area contributed by atoms with E-state index in [4.69, 9.17) is 9.15 Å².